The molecular formula is C16H10N2O6. The first kappa shape index (κ1) is 15.2. The molecule has 4 amide bonds. The summed E-state index contributed by atoms with van der Waals surface area (Å²) in [5.74, 6) is -1.98. The molecule has 0 atom stereocenters. The highest BCUT2D eigenvalue weighted by molar-refractivity contribution is 6.31. The molecule has 8 nitrogen and oxygen atoms in total. The molecule has 1 aliphatic heterocycles. The number of imide groups is 2. The predicted molar refractivity (Wildman–Crippen MR) is 80.8 cm³/mol. The third-order valence-electron chi connectivity index (χ3n) is 3.27. The number of rotatable bonds is 3. The maximum atomic E-state index is 11.6. The highest BCUT2D eigenvalue weighted by Crippen LogP contribution is 2.24. The zero-order chi connectivity index (χ0) is 17.3. The zero-order valence-corrected chi connectivity index (χ0v) is 12.0. The van der Waals surface area contributed by atoms with Gasteiger partial charge in [0, 0.05) is 5.56 Å². The Kier molecular flexibility index (Phi) is 3.70. The first-order valence-electron chi connectivity index (χ1n) is 6.76. The highest BCUT2D eigenvalue weighted by Gasteiger charge is 2.28. The first-order chi connectivity index (χ1) is 11.4. The summed E-state index contributed by atoms with van der Waals surface area (Å²) < 4.78 is 5.53. The van der Waals surface area contributed by atoms with Crippen LogP contribution in [0.5, 0.6) is 0 Å². The van der Waals surface area contributed by atoms with Crippen LogP contribution in [0.15, 0.2) is 46.4 Å². The number of carbonyl (C=O) groups excluding carboxylic acids is 3. The van der Waals surface area contributed by atoms with Gasteiger partial charge in [-0.15, -0.1) is 0 Å². The molecule has 0 unspecified atom stereocenters. The largest absolute Gasteiger partial charge is 0.478 e. The molecule has 1 aromatic carbocycles. The monoisotopic (exact) mass is 326 g/mol. The Hall–Kier alpha value is -3.68. The molecule has 0 spiro atoms. The number of aromatic carboxylic acids is 1. The van der Waals surface area contributed by atoms with E-state index in [4.69, 9.17) is 9.52 Å². The second-order valence-electron chi connectivity index (χ2n) is 4.88. The van der Waals surface area contributed by atoms with Crippen molar-refractivity contribution < 1.29 is 28.7 Å². The van der Waals surface area contributed by atoms with E-state index in [2.05, 4.69) is 0 Å². The molecule has 0 aliphatic carbocycles. The minimum Gasteiger partial charge on any atom is -0.478 e. The van der Waals surface area contributed by atoms with Gasteiger partial charge in [0.1, 0.15) is 17.1 Å². The van der Waals surface area contributed by atoms with E-state index in [1.807, 2.05) is 10.6 Å². The van der Waals surface area contributed by atoms with Crippen LogP contribution in [0.2, 0.25) is 0 Å². The van der Waals surface area contributed by atoms with E-state index in [1.54, 1.807) is 24.3 Å². The minimum absolute atomic E-state index is 0.146. The van der Waals surface area contributed by atoms with Gasteiger partial charge in [0.05, 0.1) is 5.56 Å². The lowest BCUT2D eigenvalue weighted by atomic mass is 10.1. The van der Waals surface area contributed by atoms with Crippen molar-refractivity contribution >= 4 is 29.9 Å². The molecule has 120 valence electrons. The lowest BCUT2D eigenvalue weighted by Gasteiger charge is -2.13. The Morgan fingerprint density at radius 2 is 1.58 bits per heavy atom. The fourth-order valence-electron chi connectivity index (χ4n) is 2.11. The summed E-state index contributed by atoms with van der Waals surface area (Å²) in [4.78, 5) is 45.1. The molecule has 1 saturated heterocycles. The van der Waals surface area contributed by atoms with Gasteiger partial charge in [-0.05, 0) is 30.3 Å². The summed E-state index contributed by atoms with van der Waals surface area (Å²) in [5.41, 5.74) is 0.530. The maximum Gasteiger partial charge on any atom is 0.335 e. The van der Waals surface area contributed by atoms with E-state index < -0.39 is 23.8 Å². The van der Waals surface area contributed by atoms with Gasteiger partial charge < -0.3 is 9.52 Å². The maximum absolute atomic E-state index is 11.6. The van der Waals surface area contributed by atoms with E-state index in [0.29, 0.717) is 11.3 Å². The van der Waals surface area contributed by atoms with Crippen LogP contribution in [-0.4, -0.2) is 28.9 Å². The molecule has 1 aromatic heterocycles. The van der Waals surface area contributed by atoms with Crippen LogP contribution in [0.3, 0.4) is 0 Å². The highest BCUT2D eigenvalue weighted by atomic mass is 16.4. The SMILES string of the molecule is O=C1NC(=O)C(=Cc2ccc(-c3ccc(C(=O)O)cc3)o2)C(=O)N1. The number of carboxylic acids is 1. The van der Waals surface area contributed by atoms with Crippen molar-refractivity contribution in [2.24, 2.45) is 0 Å². The molecule has 2 heterocycles. The van der Waals surface area contributed by atoms with Crippen molar-refractivity contribution in [3.63, 3.8) is 0 Å². The van der Waals surface area contributed by atoms with Crippen molar-refractivity contribution in [2.75, 3.05) is 0 Å². The number of carbonyl (C=O) groups is 4. The lowest BCUT2D eigenvalue weighted by Crippen LogP contribution is -2.51. The zero-order valence-electron chi connectivity index (χ0n) is 12.0. The summed E-state index contributed by atoms with van der Waals surface area (Å²) in [5, 5.41) is 12.8. The van der Waals surface area contributed by atoms with Gasteiger partial charge in [-0.3, -0.25) is 20.2 Å². The quantitative estimate of drug-likeness (QED) is 0.578. The van der Waals surface area contributed by atoms with Gasteiger partial charge in [0.15, 0.2) is 0 Å². The third kappa shape index (κ3) is 2.93. The fourth-order valence-corrected chi connectivity index (χ4v) is 2.11. The average molecular weight is 326 g/mol. The van der Waals surface area contributed by atoms with E-state index in [1.165, 1.54) is 18.2 Å². The normalized spacial score (nSPS) is 14.2. The summed E-state index contributed by atoms with van der Waals surface area (Å²) in [7, 11) is 0. The number of hydrogen-bond acceptors (Lipinski definition) is 5. The van der Waals surface area contributed by atoms with Gasteiger partial charge in [-0.2, -0.15) is 0 Å². The second-order valence-corrected chi connectivity index (χ2v) is 4.88. The Bertz CT molecular complexity index is 870. The van der Waals surface area contributed by atoms with Crippen molar-refractivity contribution in [1.29, 1.82) is 0 Å². The number of nitrogens with one attached hydrogen (secondary N) is 2. The summed E-state index contributed by atoms with van der Waals surface area (Å²) >= 11 is 0. The van der Waals surface area contributed by atoms with Crippen molar-refractivity contribution in [3.05, 3.63) is 53.3 Å². The van der Waals surface area contributed by atoms with Gasteiger partial charge in [0.25, 0.3) is 11.8 Å². The number of furan rings is 1. The molecule has 0 saturated carbocycles. The van der Waals surface area contributed by atoms with Crippen LogP contribution in [0.1, 0.15) is 16.1 Å². The van der Waals surface area contributed by atoms with Crippen molar-refractivity contribution in [3.8, 4) is 11.3 Å². The van der Waals surface area contributed by atoms with Crippen LogP contribution in [0.25, 0.3) is 17.4 Å². The van der Waals surface area contributed by atoms with Gasteiger partial charge in [-0.1, -0.05) is 12.1 Å². The molecular weight excluding hydrogens is 316 g/mol. The predicted octanol–water partition coefficient (Wildman–Crippen LogP) is 1.39. The number of amides is 4. The second kappa shape index (κ2) is 5.84. The van der Waals surface area contributed by atoms with Crippen LogP contribution in [-0.2, 0) is 9.59 Å². The molecule has 2 aromatic rings. The third-order valence-corrected chi connectivity index (χ3v) is 3.27. The summed E-state index contributed by atoms with van der Waals surface area (Å²) in [6, 6.07) is 8.32. The van der Waals surface area contributed by atoms with E-state index in [-0.39, 0.29) is 16.9 Å². The molecule has 3 rings (SSSR count). The Morgan fingerprint density at radius 1 is 0.958 bits per heavy atom. The molecule has 8 heteroatoms. The topological polar surface area (TPSA) is 126 Å². The standard InChI is InChI=1S/C16H10N2O6/c19-13-11(14(20)18-16(23)17-13)7-10-5-6-12(24-10)8-1-3-9(4-2-8)15(21)22/h1-7H,(H,21,22)(H2,17,18,19,20,23). The van der Waals surface area contributed by atoms with Gasteiger partial charge in [-0.25, -0.2) is 9.59 Å². The Labute approximate surface area is 134 Å². The fraction of sp³-hybridized carbons (Fsp3) is 0. The Balaban J connectivity index is 1.86. The molecule has 0 radical (unpaired) electrons. The van der Waals surface area contributed by atoms with E-state index in [9.17, 15) is 19.2 Å². The van der Waals surface area contributed by atoms with E-state index in [0.717, 1.165) is 0 Å². The summed E-state index contributed by atoms with van der Waals surface area (Å²) in [6.45, 7) is 0. The Morgan fingerprint density at radius 3 is 2.17 bits per heavy atom. The molecule has 24 heavy (non-hydrogen) atoms. The van der Waals surface area contributed by atoms with Crippen molar-refractivity contribution in [2.45, 2.75) is 0 Å². The summed E-state index contributed by atoms with van der Waals surface area (Å²) in [6.07, 6.45) is 1.21. The molecule has 3 N–H and O–H groups in total. The number of benzene rings is 1. The van der Waals surface area contributed by atoms with E-state index >= 15 is 0 Å². The molecule has 0 bridgehead atoms. The number of carboxylic acid groups (broad SMARTS) is 1. The number of urea groups is 1. The van der Waals surface area contributed by atoms with Gasteiger partial charge in [0.2, 0.25) is 0 Å². The molecule has 1 fully saturated rings. The van der Waals surface area contributed by atoms with Gasteiger partial charge >= 0.3 is 12.0 Å². The van der Waals surface area contributed by atoms with Crippen LogP contribution in [0, 0.1) is 0 Å². The first-order valence-corrected chi connectivity index (χ1v) is 6.76. The lowest BCUT2D eigenvalue weighted by molar-refractivity contribution is -0.123. The molecule has 1 aliphatic rings. The number of barbiturate groups is 1. The number of hydrogen-bond donors (Lipinski definition) is 3. The minimum atomic E-state index is -1.03. The average Bonchev–Trinajstić information content (AvgIpc) is 2.99. The van der Waals surface area contributed by atoms with Crippen LogP contribution >= 0.6 is 0 Å². The smallest absolute Gasteiger partial charge is 0.335 e. The van der Waals surface area contributed by atoms with Crippen molar-refractivity contribution in [1.82, 2.24) is 10.6 Å². The van der Waals surface area contributed by atoms with Crippen LogP contribution < -0.4 is 10.6 Å². The van der Waals surface area contributed by atoms with Crippen LogP contribution in [0.4, 0.5) is 4.79 Å².